The van der Waals surface area contributed by atoms with Gasteiger partial charge in [-0.2, -0.15) is 0 Å². The van der Waals surface area contributed by atoms with Gasteiger partial charge in [-0.3, -0.25) is 9.78 Å². The monoisotopic (exact) mass is 271 g/mol. The highest BCUT2D eigenvalue weighted by molar-refractivity contribution is 7.14. The number of hydrogen-bond donors (Lipinski definition) is 1. The van der Waals surface area contributed by atoms with Crippen molar-refractivity contribution in [3.63, 3.8) is 0 Å². The summed E-state index contributed by atoms with van der Waals surface area (Å²) in [6, 6.07) is 2.77. The number of amides is 1. The molecule has 88 valence electrons. The third-order valence-corrected chi connectivity index (χ3v) is 3.05. The van der Waals surface area contributed by atoms with Gasteiger partial charge in [-0.15, -0.1) is 11.3 Å². The van der Waals surface area contributed by atoms with E-state index in [1.54, 1.807) is 0 Å². The Morgan fingerprint density at radius 2 is 2.35 bits per heavy atom. The first-order valence-electron chi connectivity index (χ1n) is 4.65. The van der Waals surface area contributed by atoms with Crippen molar-refractivity contribution in [2.45, 2.75) is 6.54 Å². The smallest absolute Gasteiger partial charge is 0.272 e. The van der Waals surface area contributed by atoms with Crippen LogP contribution in [-0.2, 0) is 6.54 Å². The lowest BCUT2D eigenvalue weighted by Gasteiger charge is -2.03. The molecule has 0 unspecified atom stereocenters. The molecule has 0 aromatic carbocycles. The summed E-state index contributed by atoms with van der Waals surface area (Å²) in [6.07, 6.45) is 1.46. The lowest BCUT2D eigenvalue weighted by Crippen LogP contribution is -2.24. The number of nitrogens with zero attached hydrogens (tertiary/aromatic N) is 2. The first-order chi connectivity index (χ1) is 8.18. The van der Waals surface area contributed by atoms with Crippen LogP contribution in [0, 0.1) is 5.82 Å². The highest BCUT2D eigenvalue weighted by Gasteiger charge is 2.13. The zero-order valence-corrected chi connectivity index (χ0v) is 10.1. The summed E-state index contributed by atoms with van der Waals surface area (Å²) in [5.41, 5.74) is 1.79. The summed E-state index contributed by atoms with van der Waals surface area (Å²) >= 11 is 6.91. The number of aromatic nitrogens is 2. The molecule has 0 aliphatic rings. The zero-order chi connectivity index (χ0) is 12.3. The van der Waals surface area contributed by atoms with Gasteiger partial charge in [0.15, 0.2) is 5.69 Å². The quantitative estimate of drug-likeness (QED) is 0.932. The molecule has 2 heterocycles. The third-order valence-electron chi connectivity index (χ3n) is 1.99. The first-order valence-corrected chi connectivity index (χ1v) is 5.91. The molecule has 0 fully saturated rings. The van der Waals surface area contributed by atoms with Gasteiger partial charge < -0.3 is 5.32 Å². The predicted molar refractivity (Wildman–Crippen MR) is 62.5 cm³/mol. The van der Waals surface area contributed by atoms with E-state index in [0.29, 0.717) is 4.34 Å². The van der Waals surface area contributed by atoms with E-state index in [-0.39, 0.29) is 17.9 Å². The second-order valence-electron chi connectivity index (χ2n) is 3.09. The van der Waals surface area contributed by atoms with Crippen molar-refractivity contribution in [2.75, 3.05) is 0 Å². The summed E-state index contributed by atoms with van der Waals surface area (Å²) in [5, 5.41) is 2.50. The Hall–Kier alpha value is -1.53. The predicted octanol–water partition coefficient (Wildman–Crippen LogP) is 2.26. The van der Waals surface area contributed by atoms with Crippen molar-refractivity contribution in [1.29, 1.82) is 0 Å². The first kappa shape index (κ1) is 11.9. The van der Waals surface area contributed by atoms with E-state index < -0.39 is 11.7 Å². The number of carbonyl (C=O) groups excluding carboxylic acids is 1. The van der Waals surface area contributed by atoms with Crippen molar-refractivity contribution in [3.8, 4) is 0 Å². The minimum absolute atomic E-state index is 0.000633. The van der Waals surface area contributed by atoms with Crippen LogP contribution < -0.4 is 5.32 Å². The topological polar surface area (TPSA) is 54.9 Å². The van der Waals surface area contributed by atoms with Crippen LogP contribution in [0.2, 0.25) is 4.34 Å². The van der Waals surface area contributed by atoms with Gasteiger partial charge in [0, 0.05) is 6.20 Å². The second kappa shape index (κ2) is 5.20. The standard InChI is InChI=1S/C10H7ClFN3OS/c11-9-8(15-5-17-9)10(16)14-4-7-6(12)2-1-3-13-7/h1-3,5H,4H2,(H,14,16). The minimum Gasteiger partial charge on any atom is -0.345 e. The highest BCUT2D eigenvalue weighted by Crippen LogP contribution is 2.19. The SMILES string of the molecule is O=C(NCc1ncccc1F)c1ncsc1Cl. The van der Waals surface area contributed by atoms with E-state index in [4.69, 9.17) is 11.6 Å². The van der Waals surface area contributed by atoms with Crippen LogP contribution in [0.15, 0.2) is 23.8 Å². The van der Waals surface area contributed by atoms with Gasteiger partial charge >= 0.3 is 0 Å². The van der Waals surface area contributed by atoms with Gasteiger partial charge in [0.05, 0.1) is 17.7 Å². The van der Waals surface area contributed by atoms with E-state index in [9.17, 15) is 9.18 Å². The molecule has 0 spiro atoms. The van der Waals surface area contributed by atoms with Crippen LogP contribution in [0.4, 0.5) is 4.39 Å². The van der Waals surface area contributed by atoms with E-state index in [2.05, 4.69) is 15.3 Å². The molecule has 1 amide bonds. The lowest BCUT2D eigenvalue weighted by atomic mass is 10.3. The molecule has 0 aliphatic carbocycles. The Kier molecular flexibility index (Phi) is 3.65. The maximum atomic E-state index is 13.2. The average Bonchev–Trinajstić information content (AvgIpc) is 2.74. The molecule has 2 rings (SSSR count). The van der Waals surface area contributed by atoms with Gasteiger partial charge in [-0.1, -0.05) is 11.6 Å². The summed E-state index contributed by atoms with van der Waals surface area (Å²) in [7, 11) is 0. The molecular weight excluding hydrogens is 265 g/mol. The van der Waals surface area contributed by atoms with E-state index >= 15 is 0 Å². The normalized spacial score (nSPS) is 10.2. The third kappa shape index (κ3) is 2.78. The second-order valence-corrected chi connectivity index (χ2v) is 4.55. The van der Waals surface area contributed by atoms with Gasteiger partial charge in [0.25, 0.3) is 5.91 Å². The average molecular weight is 272 g/mol. The molecule has 1 N–H and O–H groups in total. The molecule has 0 saturated heterocycles. The Labute approximate surface area is 105 Å². The molecule has 0 bridgehead atoms. The van der Waals surface area contributed by atoms with Crippen molar-refractivity contribution in [1.82, 2.24) is 15.3 Å². The fourth-order valence-corrected chi connectivity index (χ4v) is 1.94. The molecule has 0 aliphatic heterocycles. The van der Waals surface area contributed by atoms with Crippen LogP contribution in [0.25, 0.3) is 0 Å². The van der Waals surface area contributed by atoms with Crippen LogP contribution in [0.1, 0.15) is 16.2 Å². The van der Waals surface area contributed by atoms with Crippen molar-refractivity contribution in [3.05, 3.63) is 45.4 Å². The molecule has 0 radical (unpaired) electrons. The highest BCUT2D eigenvalue weighted by atomic mass is 35.5. The number of hydrogen-bond acceptors (Lipinski definition) is 4. The van der Waals surface area contributed by atoms with Crippen LogP contribution in [0.5, 0.6) is 0 Å². The Morgan fingerprint density at radius 1 is 1.53 bits per heavy atom. The van der Waals surface area contributed by atoms with Gasteiger partial charge in [0.1, 0.15) is 10.2 Å². The molecular formula is C10H7ClFN3OS. The molecule has 4 nitrogen and oxygen atoms in total. The van der Waals surface area contributed by atoms with Crippen molar-refractivity contribution >= 4 is 28.8 Å². The summed E-state index contributed by atoms with van der Waals surface area (Å²) in [5.74, 6) is -0.904. The van der Waals surface area contributed by atoms with E-state index in [1.807, 2.05) is 0 Å². The van der Waals surface area contributed by atoms with Crippen LogP contribution >= 0.6 is 22.9 Å². The van der Waals surface area contributed by atoms with E-state index in [1.165, 1.54) is 23.8 Å². The molecule has 17 heavy (non-hydrogen) atoms. The molecule has 0 atom stereocenters. The summed E-state index contributed by atoms with van der Waals surface area (Å²) in [4.78, 5) is 19.2. The fourth-order valence-electron chi connectivity index (χ4n) is 1.18. The Balaban J connectivity index is 2.02. The summed E-state index contributed by atoms with van der Waals surface area (Å²) in [6.45, 7) is -0.000633. The van der Waals surface area contributed by atoms with Gasteiger partial charge in [0.2, 0.25) is 0 Å². The maximum absolute atomic E-state index is 13.2. The fraction of sp³-hybridized carbons (Fsp3) is 0.100. The largest absolute Gasteiger partial charge is 0.345 e. The number of carbonyl (C=O) groups is 1. The molecule has 2 aromatic heterocycles. The molecule has 7 heteroatoms. The Morgan fingerprint density at radius 3 is 3.00 bits per heavy atom. The van der Waals surface area contributed by atoms with E-state index in [0.717, 1.165) is 11.3 Å². The lowest BCUT2D eigenvalue weighted by molar-refractivity contribution is 0.0946. The number of nitrogens with one attached hydrogen (secondary N) is 1. The van der Waals surface area contributed by atoms with Crippen molar-refractivity contribution < 1.29 is 9.18 Å². The van der Waals surface area contributed by atoms with Gasteiger partial charge in [-0.25, -0.2) is 9.37 Å². The zero-order valence-electron chi connectivity index (χ0n) is 8.48. The van der Waals surface area contributed by atoms with Crippen molar-refractivity contribution in [2.24, 2.45) is 0 Å². The minimum atomic E-state index is -0.461. The number of pyridine rings is 1. The number of thiazole rings is 1. The number of rotatable bonds is 3. The number of halogens is 2. The van der Waals surface area contributed by atoms with Crippen LogP contribution in [0.3, 0.4) is 0 Å². The van der Waals surface area contributed by atoms with Gasteiger partial charge in [-0.05, 0) is 12.1 Å². The summed E-state index contributed by atoms with van der Waals surface area (Å²) < 4.78 is 13.5. The Bertz CT molecular complexity index is 546. The molecule has 0 saturated carbocycles. The molecule has 2 aromatic rings. The van der Waals surface area contributed by atoms with Crippen LogP contribution in [-0.4, -0.2) is 15.9 Å². The maximum Gasteiger partial charge on any atom is 0.272 e.